The predicted molar refractivity (Wildman–Crippen MR) is 69.0 cm³/mol. The first kappa shape index (κ1) is 12.9. The second kappa shape index (κ2) is 5.88. The van der Waals surface area contributed by atoms with Crippen molar-refractivity contribution >= 4 is 15.9 Å². The number of benzene rings is 1. The van der Waals surface area contributed by atoms with E-state index < -0.39 is 0 Å². The Hall–Kier alpha value is -1.53. The van der Waals surface area contributed by atoms with Crippen LogP contribution in [0.15, 0.2) is 35.1 Å². The quantitative estimate of drug-likeness (QED) is 0.943. The number of nitrogens with two attached hydrogens (primary N) is 1. The molecule has 0 amide bonds. The lowest BCUT2D eigenvalue weighted by Crippen LogP contribution is -2.03. The molecule has 0 unspecified atom stereocenters. The Morgan fingerprint density at radius 2 is 2.00 bits per heavy atom. The Kier molecular flexibility index (Phi) is 4.22. The van der Waals surface area contributed by atoms with E-state index in [0.29, 0.717) is 16.8 Å². The first-order chi connectivity index (χ1) is 8.69. The normalized spacial score (nSPS) is 10.4. The van der Waals surface area contributed by atoms with Crippen molar-refractivity contribution in [3.8, 4) is 11.8 Å². The minimum absolute atomic E-state index is 0.217. The second-order valence-electron chi connectivity index (χ2n) is 3.59. The van der Waals surface area contributed by atoms with Crippen LogP contribution in [0.25, 0.3) is 0 Å². The number of hydrogen-bond acceptors (Lipinski definition) is 4. The third-order valence-electron chi connectivity index (χ3n) is 2.21. The molecule has 0 saturated heterocycles. The molecule has 0 aliphatic carbocycles. The molecule has 0 saturated carbocycles. The molecule has 1 aromatic heterocycles. The fourth-order valence-corrected chi connectivity index (χ4v) is 1.69. The summed E-state index contributed by atoms with van der Waals surface area (Å²) in [5, 5.41) is 0. The Bertz CT molecular complexity index is 533. The molecular weight excluding hydrogens is 301 g/mol. The van der Waals surface area contributed by atoms with E-state index in [4.69, 9.17) is 10.5 Å². The minimum Gasteiger partial charge on any atom is -0.424 e. The van der Waals surface area contributed by atoms with Gasteiger partial charge in [-0.2, -0.15) is 0 Å². The third kappa shape index (κ3) is 3.24. The highest BCUT2D eigenvalue weighted by Gasteiger charge is 2.04. The number of aromatic nitrogens is 2. The van der Waals surface area contributed by atoms with Crippen LogP contribution in [-0.4, -0.2) is 16.5 Å². The molecule has 0 aliphatic rings. The van der Waals surface area contributed by atoms with E-state index in [2.05, 4.69) is 25.9 Å². The van der Waals surface area contributed by atoms with Gasteiger partial charge in [0.05, 0.1) is 4.47 Å². The van der Waals surface area contributed by atoms with Gasteiger partial charge in [-0.05, 0) is 52.7 Å². The number of rotatable bonds is 4. The zero-order valence-electron chi connectivity index (χ0n) is 9.44. The maximum absolute atomic E-state index is 13.0. The predicted octanol–water partition coefficient (Wildman–Crippen LogP) is 2.67. The Labute approximate surface area is 112 Å². The van der Waals surface area contributed by atoms with Crippen molar-refractivity contribution in [2.45, 2.75) is 6.42 Å². The van der Waals surface area contributed by atoms with E-state index in [1.807, 2.05) is 0 Å². The average Bonchev–Trinajstić information content (AvgIpc) is 2.37. The molecule has 2 aromatic rings. The van der Waals surface area contributed by atoms with Gasteiger partial charge >= 0.3 is 6.01 Å². The Morgan fingerprint density at radius 3 is 2.61 bits per heavy atom. The molecule has 4 nitrogen and oxygen atoms in total. The molecule has 1 aromatic carbocycles. The molecule has 0 atom stereocenters. The molecule has 0 fully saturated rings. The molecule has 0 bridgehead atoms. The van der Waals surface area contributed by atoms with Crippen molar-refractivity contribution in [2.75, 3.05) is 6.54 Å². The maximum Gasteiger partial charge on any atom is 0.321 e. The van der Waals surface area contributed by atoms with Crippen LogP contribution in [0.5, 0.6) is 11.8 Å². The summed E-state index contributed by atoms with van der Waals surface area (Å²) in [7, 11) is 0. The van der Waals surface area contributed by atoms with E-state index in [9.17, 15) is 4.39 Å². The van der Waals surface area contributed by atoms with E-state index in [1.165, 1.54) is 18.2 Å². The number of halogens is 2. The second-order valence-corrected chi connectivity index (χ2v) is 4.44. The Balaban J connectivity index is 2.10. The molecule has 2 rings (SSSR count). The highest BCUT2D eigenvalue weighted by atomic mass is 79.9. The smallest absolute Gasteiger partial charge is 0.321 e. The standard InChI is InChI=1S/C12H11BrFN3O/c13-10-5-9(1-2-11(10)14)18-12-16-6-8(3-4-15)7-17-12/h1-2,5-7H,3-4,15H2. The molecule has 0 spiro atoms. The van der Waals surface area contributed by atoms with E-state index in [1.54, 1.807) is 12.4 Å². The molecule has 2 N–H and O–H groups in total. The number of hydrogen-bond donors (Lipinski definition) is 1. The molecule has 0 aliphatic heterocycles. The van der Waals surface area contributed by atoms with Crippen LogP contribution in [0.2, 0.25) is 0 Å². The summed E-state index contributed by atoms with van der Waals surface area (Å²) < 4.78 is 18.8. The molecule has 0 radical (unpaired) electrons. The van der Waals surface area contributed by atoms with Crippen LogP contribution >= 0.6 is 15.9 Å². The molecule has 94 valence electrons. The van der Waals surface area contributed by atoms with Crippen molar-refractivity contribution in [3.05, 3.63) is 46.4 Å². The largest absolute Gasteiger partial charge is 0.424 e. The molecule has 6 heteroatoms. The number of ether oxygens (including phenoxy) is 1. The summed E-state index contributed by atoms with van der Waals surface area (Å²) in [4.78, 5) is 8.09. The van der Waals surface area contributed by atoms with Crippen molar-refractivity contribution in [1.29, 1.82) is 0 Å². The molecule has 18 heavy (non-hydrogen) atoms. The topological polar surface area (TPSA) is 61.0 Å². The van der Waals surface area contributed by atoms with Gasteiger partial charge in [0.15, 0.2) is 0 Å². The summed E-state index contributed by atoms with van der Waals surface area (Å²) in [5.74, 6) is 0.122. The molecular formula is C12H11BrFN3O. The summed E-state index contributed by atoms with van der Waals surface area (Å²) in [6.45, 7) is 0.550. The maximum atomic E-state index is 13.0. The van der Waals surface area contributed by atoms with Crippen LogP contribution in [-0.2, 0) is 6.42 Å². The van der Waals surface area contributed by atoms with Gasteiger partial charge in [0, 0.05) is 12.4 Å². The van der Waals surface area contributed by atoms with Gasteiger partial charge in [-0.25, -0.2) is 14.4 Å². The average molecular weight is 312 g/mol. The first-order valence-electron chi connectivity index (χ1n) is 5.33. The molecule has 1 heterocycles. The van der Waals surface area contributed by atoms with Gasteiger partial charge in [0.2, 0.25) is 0 Å². The van der Waals surface area contributed by atoms with Crippen molar-refractivity contribution < 1.29 is 9.13 Å². The first-order valence-corrected chi connectivity index (χ1v) is 6.12. The highest BCUT2D eigenvalue weighted by Crippen LogP contribution is 2.24. The SMILES string of the molecule is NCCc1cnc(Oc2ccc(F)c(Br)c2)nc1. The zero-order valence-corrected chi connectivity index (χ0v) is 11.0. The summed E-state index contributed by atoms with van der Waals surface area (Å²) in [5.41, 5.74) is 6.37. The summed E-state index contributed by atoms with van der Waals surface area (Å²) >= 11 is 3.08. The van der Waals surface area contributed by atoms with Crippen LogP contribution in [0.4, 0.5) is 4.39 Å². The van der Waals surface area contributed by atoms with Crippen LogP contribution < -0.4 is 10.5 Å². The third-order valence-corrected chi connectivity index (χ3v) is 2.82. The van der Waals surface area contributed by atoms with Crippen LogP contribution in [0, 0.1) is 5.82 Å². The zero-order chi connectivity index (χ0) is 13.0. The van der Waals surface area contributed by atoms with Gasteiger partial charge in [0.25, 0.3) is 0 Å². The monoisotopic (exact) mass is 311 g/mol. The lowest BCUT2D eigenvalue weighted by atomic mass is 10.2. The van der Waals surface area contributed by atoms with Crippen LogP contribution in [0.1, 0.15) is 5.56 Å². The van der Waals surface area contributed by atoms with Crippen molar-refractivity contribution in [1.82, 2.24) is 9.97 Å². The lowest BCUT2D eigenvalue weighted by Gasteiger charge is -2.05. The van der Waals surface area contributed by atoms with Gasteiger partial charge in [-0.15, -0.1) is 0 Å². The fraction of sp³-hybridized carbons (Fsp3) is 0.167. The lowest BCUT2D eigenvalue weighted by molar-refractivity contribution is 0.439. The van der Waals surface area contributed by atoms with E-state index in [0.717, 1.165) is 12.0 Å². The number of nitrogens with zero attached hydrogens (tertiary/aromatic N) is 2. The fourth-order valence-electron chi connectivity index (χ4n) is 1.34. The van der Waals surface area contributed by atoms with Gasteiger partial charge in [-0.3, -0.25) is 0 Å². The van der Waals surface area contributed by atoms with Crippen LogP contribution in [0.3, 0.4) is 0 Å². The van der Waals surface area contributed by atoms with Crippen molar-refractivity contribution in [3.63, 3.8) is 0 Å². The summed E-state index contributed by atoms with van der Waals surface area (Å²) in [6.07, 6.45) is 4.05. The van der Waals surface area contributed by atoms with E-state index in [-0.39, 0.29) is 11.8 Å². The summed E-state index contributed by atoms with van der Waals surface area (Å²) in [6, 6.07) is 4.56. The van der Waals surface area contributed by atoms with Crippen molar-refractivity contribution in [2.24, 2.45) is 5.73 Å². The van der Waals surface area contributed by atoms with Gasteiger partial charge < -0.3 is 10.5 Å². The van der Waals surface area contributed by atoms with Gasteiger partial charge in [-0.1, -0.05) is 0 Å². The Morgan fingerprint density at radius 1 is 1.28 bits per heavy atom. The van der Waals surface area contributed by atoms with Gasteiger partial charge in [0.1, 0.15) is 11.6 Å². The minimum atomic E-state index is -0.346. The highest BCUT2D eigenvalue weighted by molar-refractivity contribution is 9.10. The van der Waals surface area contributed by atoms with E-state index >= 15 is 0 Å².